The number of amides is 1. The molecular weight excluding hydrogens is 383 g/mol. The van der Waals surface area contributed by atoms with Gasteiger partial charge >= 0.3 is 5.97 Å². The van der Waals surface area contributed by atoms with Crippen LogP contribution in [0.3, 0.4) is 0 Å². The lowest BCUT2D eigenvalue weighted by molar-refractivity contribution is -0.129. The number of aromatic nitrogens is 1. The van der Waals surface area contributed by atoms with Crippen LogP contribution in [0, 0.1) is 5.82 Å². The normalized spacial score (nSPS) is 14.8. The number of hydrogen-bond donors (Lipinski definition) is 1. The molecule has 2 aromatic carbocycles. The van der Waals surface area contributed by atoms with Crippen LogP contribution in [0.5, 0.6) is 0 Å². The van der Waals surface area contributed by atoms with E-state index in [9.17, 15) is 14.0 Å². The maximum atomic E-state index is 13.1. The summed E-state index contributed by atoms with van der Waals surface area (Å²) in [6.45, 7) is 3.34. The number of benzene rings is 2. The van der Waals surface area contributed by atoms with Crippen LogP contribution in [0.25, 0.3) is 10.9 Å². The first kappa shape index (κ1) is 20.0. The summed E-state index contributed by atoms with van der Waals surface area (Å²) in [6, 6.07) is 13.1. The third-order valence-electron chi connectivity index (χ3n) is 5.51. The highest BCUT2D eigenvalue weighted by Gasteiger charge is 2.27. The minimum Gasteiger partial charge on any atom is -0.449 e. The van der Waals surface area contributed by atoms with Crippen molar-refractivity contribution in [3.8, 4) is 0 Å². The Hall–Kier alpha value is -3.28. The molecule has 0 spiro atoms. The molecule has 1 aromatic heterocycles. The smallest absolute Gasteiger partial charge is 0.339 e. The SMILES string of the molecule is CC(OC(=O)c1c2c(nc3ccccc13)CCC2)C(=O)NC(C)c1ccc(F)cc1. The number of rotatable bonds is 5. The summed E-state index contributed by atoms with van der Waals surface area (Å²) in [6.07, 6.45) is 1.60. The highest BCUT2D eigenvalue weighted by molar-refractivity contribution is 6.06. The van der Waals surface area contributed by atoms with Crippen LogP contribution in [-0.2, 0) is 22.4 Å². The van der Waals surface area contributed by atoms with Gasteiger partial charge in [0.15, 0.2) is 6.10 Å². The maximum Gasteiger partial charge on any atom is 0.339 e. The molecule has 3 aromatic rings. The second-order valence-electron chi connectivity index (χ2n) is 7.61. The number of hydrogen-bond acceptors (Lipinski definition) is 4. The van der Waals surface area contributed by atoms with E-state index in [2.05, 4.69) is 10.3 Å². The molecule has 2 atom stereocenters. The summed E-state index contributed by atoms with van der Waals surface area (Å²) >= 11 is 0. The molecule has 5 nitrogen and oxygen atoms in total. The van der Waals surface area contributed by atoms with E-state index < -0.39 is 18.0 Å². The largest absolute Gasteiger partial charge is 0.449 e. The number of nitrogens with one attached hydrogen (secondary N) is 1. The minimum atomic E-state index is -0.968. The second kappa shape index (κ2) is 8.22. The average Bonchev–Trinajstić information content (AvgIpc) is 3.20. The third kappa shape index (κ3) is 3.90. The van der Waals surface area contributed by atoms with Gasteiger partial charge < -0.3 is 10.1 Å². The van der Waals surface area contributed by atoms with Gasteiger partial charge in [0.2, 0.25) is 0 Å². The van der Waals surface area contributed by atoms with Crippen LogP contribution in [-0.4, -0.2) is 23.0 Å². The van der Waals surface area contributed by atoms with Crippen LogP contribution >= 0.6 is 0 Å². The van der Waals surface area contributed by atoms with Gasteiger partial charge in [0.05, 0.1) is 17.1 Å². The van der Waals surface area contributed by atoms with E-state index in [0.29, 0.717) is 5.56 Å². The van der Waals surface area contributed by atoms with Crippen molar-refractivity contribution in [2.75, 3.05) is 0 Å². The number of esters is 1. The first-order valence-corrected chi connectivity index (χ1v) is 10.1. The first-order valence-electron chi connectivity index (χ1n) is 10.1. The molecule has 0 fully saturated rings. The summed E-state index contributed by atoms with van der Waals surface area (Å²) in [7, 11) is 0. The molecule has 1 N–H and O–H groups in total. The molecule has 0 bridgehead atoms. The lowest BCUT2D eigenvalue weighted by Crippen LogP contribution is -2.37. The number of aryl methyl sites for hydroxylation is 1. The zero-order valence-electron chi connectivity index (χ0n) is 16.9. The van der Waals surface area contributed by atoms with Crippen molar-refractivity contribution in [2.24, 2.45) is 0 Å². The van der Waals surface area contributed by atoms with Crippen molar-refractivity contribution < 1.29 is 18.7 Å². The molecule has 1 amide bonds. The quantitative estimate of drug-likeness (QED) is 0.642. The molecule has 0 saturated heterocycles. The number of para-hydroxylation sites is 1. The van der Waals surface area contributed by atoms with Crippen LogP contribution in [0.2, 0.25) is 0 Å². The predicted octanol–water partition coefficient (Wildman–Crippen LogP) is 4.29. The Balaban J connectivity index is 1.51. The highest BCUT2D eigenvalue weighted by Crippen LogP contribution is 2.30. The lowest BCUT2D eigenvalue weighted by atomic mass is 10.0. The van der Waals surface area contributed by atoms with E-state index in [0.717, 1.165) is 47.0 Å². The van der Waals surface area contributed by atoms with Crippen molar-refractivity contribution in [1.29, 1.82) is 0 Å². The molecule has 1 heterocycles. The molecule has 0 saturated carbocycles. The first-order chi connectivity index (χ1) is 14.4. The molecule has 6 heteroatoms. The van der Waals surface area contributed by atoms with E-state index in [4.69, 9.17) is 4.74 Å². The summed E-state index contributed by atoms with van der Waals surface area (Å²) in [5.41, 5.74) is 3.89. The molecule has 1 aliphatic rings. The van der Waals surface area contributed by atoms with Gasteiger partial charge in [-0.25, -0.2) is 9.18 Å². The second-order valence-corrected chi connectivity index (χ2v) is 7.61. The standard InChI is InChI=1S/C24H23FN2O3/c1-14(16-10-12-17(25)13-11-16)26-23(28)15(2)30-24(29)22-18-6-3-4-8-20(18)27-21-9-5-7-19(21)22/h3-4,6,8,10-15H,5,7,9H2,1-2H3,(H,26,28). The Morgan fingerprint density at radius 3 is 2.57 bits per heavy atom. The van der Waals surface area contributed by atoms with Crippen molar-refractivity contribution >= 4 is 22.8 Å². The molecule has 1 aliphatic carbocycles. The molecule has 30 heavy (non-hydrogen) atoms. The highest BCUT2D eigenvalue weighted by atomic mass is 19.1. The zero-order valence-corrected chi connectivity index (χ0v) is 16.9. The molecule has 2 unspecified atom stereocenters. The zero-order chi connectivity index (χ0) is 21.3. The number of nitrogens with zero attached hydrogens (tertiary/aromatic N) is 1. The average molecular weight is 406 g/mol. The summed E-state index contributed by atoms with van der Waals surface area (Å²) in [5, 5.41) is 3.56. The number of carbonyl (C=O) groups excluding carboxylic acids is 2. The fourth-order valence-electron chi connectivity index (χ4n) is 3.88. The van der Waals surface area contributed by atoms with Crippen LogP contribution in [0.1, 0.15) is 53.5 Å². The minimum absolute atomic E-state index is 0.336. The Labute approximate surface area is 174 Å². The topological polar surface area (TPSA) is 68.3 Å². The van der Waals surface area contributed by atoms with E-state index >= 15 is 0 Å². The Morgan fingerprint density at radius 1 is 1.07 bits per heavy atom. The van der Waals surface area contributed by atoms with Crippen molar-refractivity contribution in [3.05, 3.63) is 76.7 Å². The third-order valence-corrected chi connectivity index (χ3v) is 5.51. The van der Waals surface area contributed by atoms with Gasteiger partial charge in [-0.05, 0) is 62.4 Å². The van der Waals surface area contributed by atoms with Gasteiger partial charge in [0.25, 0.3) is 5.91 Å². The van der Waals surface area contributed by atoms with E-state index in [1.807, 2.05) is 24.3 Å². The molecule has 0 radical (unpaired) electrons. The van der Waals surface area contributed by atoms with Gasteiger partial charge in [-0.1, -0.05) is 30.3 Å². The molecular formula is C24H23FN2O3. The number of carbonyl (C=O) groups is 2. The van der Waals surface area contributed by atoms with Crippen molar-refractivity contribution in [2.45, 2.75) is 45.3 Å². The number of fused-ring (bicyclic) bond motifs is 2. The summed E-state index contributed by atoms with van der Waals surface area (Å²) in [4.78, 5) is 30.3. The van der Waals surface area contributed by atoms with Gasteiger partial charge in [-0.15, -0.1) is 0 Å². The Bertz CT molecular complexity index is 1110. The Morgan fingerprint density at radius 2 is 1.80 bits per heavy atom. The van der Waals surface area contributed by atoms with Gasteiger partial charge in [0, 0.05) is 11.1 Å². The fourth-order valence-corrected chi connectivity index (χ4v) is 3.88. The van der Waals surface area contributed by atoms with E-state index in [1.165, 1.54) is 12.1 Å². The molecule has 4 rings (SSSR count). The number of ether oxygens (including phenoxy) is 1. The molecule has 0 aliphatic heterocycles. The maximum absolute atomic E-state index is 13.1. The molecule has 154 valence electrons. The van der Waals surface area contributed by atoms with Crippen LogP contribution < -0.4 is 5.32 Å². The van der Waals surface area contributed by atoms with Crippen LogP contribution in [0.4, 0.5) is 4.39 Å². The van der Waals surface area contributed by atoms with Crippen LogP contribution in [0.15, 0.2) is 48.5 Å². The summed E-state index contributed by atoms with van der Waals surface area (Å²) < 4.78 is 18.7. The van der Waals surface area contributed by atoms with Gasteiger partial charge in [-0.3, -0.25) is 9.78 Å². The number of halogens is 1. The van der Waals surface area contributed by atoms with Crippen molar-refractivity contribution in [1.82, 2.24) is 10.3 Å². The lowest BCUT2D eigenvalue weighted by Gasteiger charge is -2.19. The van der Waals surface area contributed by atoms with Crippen molar-refractivity contribution in [3.63, 3.8) is 0 Å². The summed E-state index contributed by atoms with van der Waals surface area (Å²) in [5.74, 6) is -1.25. The number of pyridine rings is 1. The fraction of sp³-hybridized carbons (Fsp3) is 0.292. The van der Waals surface area contributed by atoms with E-state index in [-0.39, 0.29) is 11.9 Å². The monoisotopic (exact) mass is 406 g/mol. The van der Waals surface area contributed by atoms with E-state index in [1.54, 1.807) is 26.0 Å². The predicted molar refractivity (Wildman–Crippen MR) is 112 cm³/mol. The van der Waals surface area contributed by atoms with Gasteiger partial charge in [0.1, 0.15) is 5.82 Å². The Kier molecular flexibility index (Phi) is 5.48. The van der Waals surface area contributed by atoms with Gasteiger partial charge in [-0.2, -0.15) is 0 Å².